The molecule has 0 saturated carbocycles. The van der Waals surface area contributed by atoms with Gasteiger partial charge in [-0.15, -0.1) is 0 Å². The van der Waals surface area contributed by atoms with Crippen molar-refractivity contribution in [3.63, 3.8) is 0 Å². The summed E-state index contributed by atoms with van der Waals surface area (Å²) in [6, 6.07) is 7.20. The van der Waals surface area contributed by atoms with Crippen molar-refractivity contribution in [2.45, 2.75) is 46.1 Å². The van der Waals surface area contributed by atoms with Crippen molar-refractivity contribution in [1.82, 2.24) is 0 Å². The van der Waals surface area contributed by atoms with Crippen LogP contribution in [0.15, 0.2) is 35.4 Å². The molecular formula is C19H21NO3. The number of rotatable bonds is 1. The summed E-state index contributed by atoms with van der Waals surface area (Å²) < 4.78 is 5.19. The average molecular weight is 311 g/mol. The van der Waals surface area contributed by atoms with Crippen LogP contribution < -0.4 is 5.32 Å². The molecule has 1 aromatic carbocycles. The van der Waals surface area contributed by atoms with Gasteiger partial charge in [0.15, 0.2) is 5.78 Å². The topological polar surface area (TPSA) is 55.4 Å². The van der Waals surface area contributed by atoms with Gasteiger partial charge in [-0.2, -0.15) is 0 Å². The number of hydrogen-bond donors (Lipinski definition) is 1. The number of hydrogen-bond acceptors (Lipinski definition) is 3. The molecule has 4 heteroatoms. The van der Waals surface area contributed by atoms with E-state index in [1.165, 1.54) is 0 Å². The molecule has 0 spiro atoms. The Morgan fingerprint density at radius 1 is 1.13 bits per heavy atom. The predicted molar refractivity (Wildman–Crippen MR) is 90.1 cm³/mol. The Kier molecular flexibility index (Phi) is 4.90. The molecule has 120 valence electrons. The number of benzene rings is 1. The van der Waals surface area contributed by atoms with Gasteiger partial charge in [-0.25, -0.2) is 4.79 Å². The molecule has 0 aliphatic heterocycles. The van der Waals surface area contributed by atoms with Crippen LogP contribution in [0.4, 0.5) is 10.5 Å². The third kappa shape index (κ3) is 5.00. The first-order valence-corrected chi connectivity index (χ1v) is 7.59. The minimum atomic E-state index is -0.528. The number of Topliss-reactive ketones (excluding diaryl/α,β-unsaturated/α-hetero) is 1. The molecule has 0 heterocycles. The molecule has 2 rings (SSSR count). The number of amides is 1. The zero-order valence-corrected chi connectivity index (χ0v) is 13.9. The fraction of sp³-hybridized carbons (Fsp3) is 0.368. The highest BCUT2D eigenvalue weighted by Crippen LogP contribution is 2.21. The highest BCUT2D eigenvalue weighted by Gasteiger charge is 2.17. The third-order valence-electron chi connectivity index (χ3n) is 3.36. The molecule has 0 fully saturated rings. The van der Waals surface area contributed by atoms with Crippen molar-refractivity contribution in [2.75, 3.05) is 5.32 Å². The summed E-state index contributed by atoms with van der Waals surface area (Å²) in [7, 11) is 0. The summed E-state index contributed by atoms with van der Waals surface area (Å²) in [6.07, 6.45) is 0.812. The number of allylic oxidation sites excluding steroid dienone is 2. The maximum atomic E-state index is 11.7. The monoisotopic (exact) mass is 311 g/mol. The Bertz CT molecular complexity index is 710. The predicted octanol–water partition coefficient (Wildman–Crippen LogP) is 4.06. The Labute approximate surface area is 136 Å². The molecule has 1 N–H and O–H groups in total. The zero-order valence-electron chi connectivity index (χ0n) is 13.9. The van der Waals surface area contributed by atoms with Crippen LogP contribution in [0.25, 0.3) is 0 Å². The molecule has 0 radical (unpaired) electrons. The molecule has 1 aliphatic carbocycles. The molecule has 0 aromatic heterocycles. The average Bonchev–Trinajstić information content (AvgIpc) is 2.76. The van der Waals surface area contributed by atoms with E-state index in [2.05, 4.69) is 17.2 Å². The second-order valence-corrected chi connectivity index (χ2v) is 6.48. The van der Waals surface area contributed by atoms with Crippen LogP contribution in [0.1, 0.15) is 46.1 Å². The van der Waals surface area contributed by atoms with Crippen LogP contribution >= 0.6 is 0 Å². The van der Waals surface area contributed by atoms with Gasteiger partial charge in [0.25, 0.3) is 0 Å². The largest absolute Gasteiger partial charge is 0.444 e. The van der Waals surface area contributed by atoms with Gasteiger partial charge in [0, 0.05) is 28.8 Å². The van der Waals surface area contributed by atoms with Gasteiger partial charge in [0.05, 0.1) is 0 Å². The number of nitrogens with one attached hydrogen (secondary N) is 1. The third-order valence-corrected chi connectivity index (χ3v) is 3.36. The summed E-state index contributed by atoms with van der Waals surface area (Å²) >= 11 is 0. The van der Waals surface area contributed by atoms with E-state index < -0.39 is 11.7 Å². The van der Waals surface area contributed by atoms with Gasteiger partial charge in [-0.1, -0.05) is 11.8 Å². The molecule has 0 saturated heterocycles. The van der Waals surface area contributed by atoms with Crippen molar-refractivity contribution >= 4 is 17.6 Å². The normalized spacial score (nSPS) is 14.3. The summed E-state index contributed by atoms with van der Waals surface area (Å²) in [4.78, 5) is 23.1. The van der Waals surface area contributed by atoms with Crippen molar-refractivity contribution in [3.8, 4) is 11.8 Å². The van der Waals surface area contributed by atoms with Crippen LogP contribution in [0.3, 0.4) is 0 Å². The van der Waals surface area contributed by atoms with Gasteiger partial charge in [-0.05, 0) is 58.4 Å². The van der Waals surface area contributed by atoms with Gasteiger partial charge >= 0.3 is 6.09 Å². The first kappa shape index (κ1) is 16.8. The van der Waals surface area contributed by atoms with E-state index in [0.29, 0.717) is 12.1 Å². The molecule has 1 aromatic rings. The zero-order chi connectivity index (χ0) is 17.0. The Morgan fingerprint density at radius 3 is 2.30 bits per heavy atom. The van der Waals surface area contributed by atoms with E-state index >= 15 is 0 Å². The van der Waals surface area contributed by atoms with Crippen LogP contribution in [-0.2, 0) is 9.53 Å². The summed E-state index contributed by atoms with van der Waals surface area (Å²) in [5.41, 5.74) is 2.65. The second kappa shape index (κ2) is 6.70. The number of anilines is 1. The maximum absolute atomic E-state index is 11.7. The van der Waals surface area contributed by atoms with Crippen molar-refractivity contribution in [1.29, 1.82) is 0 Å². The Hall–Kier alpha value is -2.54. The maximum Gasteiger partial charge on any atom is 0.412 e. The standard InChI is InChI=1S/C19H21NO3/c1-13-15(9-12-17(13)21)8-5-14-6-10-16(11-7-14)20-18(22)23-19(2,3)4/h6-7,10-11H,9,12H2,1-4H3,(H,20,22). The van der Waals surface area contributed by atoms with Crippen LogP contribution in [-0.4, -0.2) is 17.5 Å². The Morgan fingerprint density at radius 2 is 1.78 bits per heavy atom. The Balaban J connectivity index is 2.01. The molecule has 0 bridgehead atoms. The lowest BCUT2D eigenvalue weighted by molar-refractivity contribution is -0.114. The van der Waals surface area contributed by atoms with Crippen LogP contribution in [0.5, 0.6) is 0 Å². The van der Waals surface area contributed by atoms with Gasteiger partial charge in [-0.3, -0.25) is 10.1 Å². The molecular weight excluding hydrogens is 290 g/mol. The van der Waals surface area contributed by atoms with E-state index in [9.17, 15) is 9.59 Å². The van der Waals surface area contributed by atoms with E-state index in [1.54, 1.807) is 12.1 Å². The summed E-state index contributed by atoms with van der Waals surface area (Å²) in [5, 5.41) is 2.67. The number of ketones is 1. The number of carbonyl (C=O) groups is 2. The molecule has 23 heavy (non-hydrogen) atoms. The van der Waals surface area contributed by atoms with Crippen molar-refractivity contribution < 1.29 is 14.3 Å². The molecule has 0 unspecified atom stereocenters. The minimum Gasteiger partial charge on any atom is -0.444 e. The molecule has 1 amide bonds. The van der Waals surface area contributed by atoms with E-state index in [0.717, 1.165) is 23.1 Å². The lowest BCUT2D eigenvalue weighted by atomic mass is 10.1. The van der Waals surface area contributed by atoms with E-state index in [1.807, 2.05) is 39.8 Å². The molecule has 4 nitrogen and oxygen atoms in total. The van der Waals surface area contributed by atoms with Gasteiger partial charge in [0.1, 0.15) is 5.60 Å². The number of carbonyl (C=O) groups excluding carboxylic acids is 2. The first-order valence-electron chi connectivity index (χ1n) is 7.59. The van der Waals surface area contributed by atoms with E-state index in [-0.39, 0.29) is 5.78 Å². The smallest absolute Gasteiger partial charge is 0.412 e. The lowest BCUT2D eigenvalue weighted by Gasteiger charge is -2.19. The van der Waals surface area contributed by atoms with E-state index in [4.69, 9.17) is 4.74 Å². The van der Waals surface area contributed by atoms with Crippen molar-refractivity contribution in [2.24, 2.45) is 0 Å². The SMILES string of the molecule is CC1=C(C#Cc2ccc(NC(=O)OC(C)(C)C)cc2)CCC1=O. The minimum absolute atomic E-state index is 0.186. The second-order valence-electron chi connectivity index (χ2n) is 6.48. The van der Waals surface area contributed by atoms with Gasteiger partial charge in [0.2, 0.25) is 0 Å². The molecule has 1 aliphatic rings. The van der Waals surface area contributed by atoms with Crippen molar-refractivity contribution in [3.05, 3.63) is 41.0 Å². The highest BCUT2D eigenvalue weighted by molar-refractivity contribution is 5.99. The lowest BCUT2D eigenvalue weighted by Crippen LogP contribution is -2.27. The van der Waals surface area contributed by atoms with Crippen LogP contribution in [0, 0.1) is 11.8 Å². The highest BCUT2D eigenvalue weighted by atomic mass is 16.6. The number of ether oxygens (including phenoxy) is 1. The van der Waals surface area contributed by atoms with Gasteiger partial charge < -0.3 is 4.74 Å². The fourth-order valence-electron chi connectivity index (χ4n) is 2.14. The first-order chi connectivity index (χ1) is 10.7. The summed E-state index contributed by atoms with van der Waals surface area (Å²) in [6.45, 7) is 7.27. The summed E-state index contributed by atoms with van der Waals surface area (Å²) in [5.74, 6) is 6.30. The molecule has 0 atom stereocenters. The quantitative estimate of drug-likeness (QED) is 0.796. The fourth-order valence-corrected chi connectivity index (χ4v) is 2.14. The van der Waals surface area contributed by atoms with Crippen LogP contribution in [0.2, 0.25) is 0 Å².